The molecule has 8 nitrogen and oxygen atoms in total. The number of allylic oxidation sites excluding steroid dienone is 2. The molecule has 0 aliphatic rings. The summed E-state index contributed by atoms with van der Waals surface area (Å²) in [5.74, 6) is -0.890. The van der Waals surface area contributed by atoms with Gasteiger partial charge in [-0.1, -0.05) is 135 Å². The number of phosphoric ester groups is 1. The molecule has 0 aromatic carbocycles. The number of carbonyl (C=O) groups is 2. The van der Waals surface area contributed by atoms with Gasteiger partial charge >= 0.3 is 19.8 Å². The second-order valence-corrected chi connectivity index (χ2v) is 13.1. The Morgan fingerprint density at radius 1 is 0.581 bits per heavy atom. The summed E-state index contributed by atoms with van der Waals surface area (Å²) in [6, 6.07) is 0. The number of hydrogen-bond acceptors (Lipinski definition) is 6. The maximum atomic E-state index is 12.3. The number of esters is 2. The molecule has 0 saturated heterocycles. The van der Waals surface area contributed by atoms with Crippen LogP contribution >= 0.6 is 7.82 Å². The van der Waals surface area contributed by atoms with Crippen molar-refractivity contribution in [2.24, 2.45) is 0 Å². The van der Waals surface area contributed by atoms with Gasteiger partial charge in [0, 0.05) is 12.8 Å². The molecule has 0 saturated carbocycles. The first kappa shape index (κ1) is 41.8. The first-order valence-corrected chi connectivity index (χ1v) is 19.0. The van der Waals surface area contributed by atoms with Crippen LogP contribution in [-0.4, -0.2) is 41.0 Å². The van der Waals surface area contributed by atoms with E-state index in [9.17, 15) is 14.2 Å². The Morgan fingerprint density at radius 2 is 0.977 bits per heavy atom. The zero-order chi connectivity index (χ0) is 31.9. The van der Waals surface area contributed by atoms with Gasteiger partial charge in [0.05, 0.1) is 6.61 Å². The predicted molar refractivity (Wildman–Crippen MR) is 175 cm³/mol. The number of rotatable bonds is 32. The average molecular weight is 633 g/mol. The molecule has 254 valence electrons. The molecule has 0 aromatic rings. The van der Waals surface area contributed by atoms with Gasteiger partial charge in [-0.2, -0.15) is 0 Å². The maximum absolute atomic E-state index is 12.3. The molecule has 0 aliphatic heterocycles. The molecule has 1 atom stereocenters. The zero-order valence-electron chi connectivity index (χ0n) is 27.6. The first-order valence-electron chi connectivity index (χ1n) is 17.5. The highest BCUT2D eigenvalue weighted by Gasteiger charge is 2.22. The van der Waals surface area contributed by atoms with E-state index in [2.05, 4.69) is 30.5 Å². The van der Waals surface area contributed by atoms with E-state index in [1.165, 1.54) is 96.3 Å². The summed E-state index contributed by atoms with van der Waals surface area (Å²) in [6.07, 6.45) is 30.9. The Balaban J connectivity index is 3.94. The third kappa shape index (κ3) is 33.5. The van der Waals surface area contributed by atoms with Crippen LogP contribution in [0, 0.1) is 0 Å². The molecular formula is C34H65O8P. The van der Waals surface area contributed by atoms with Crippen molar-refractivity contribution in [3.63, 3.8) is 0 Å². The van der Waals surface area contributed by atoms with Gasteiger partial charge in [-0.3, -0.25) is 14.1 Å². The standard InChI is InChI=1S/C34H65O8P/c1-3-5-7-9-11-13-14-15-16-17-18-19-20-21-23-25-27-29-34(36)42-32(31-41-43(37,38)39)30-40-33(35)28-26-24-22-12-10-8-6-4-2/h15-16,32H,3-14,17-31H2,1-2H3,(H2,37,38,39)/b16-15+/t32-/m1/s1. The molecule has 0 aliphatic carbocycles. The first-order chi connectivity index (χ1) is 20.8. The number of hydrogen-bond donors (Lipinski definition) is 2. The van der Waals surface area contributed by atoms with E-state index in [0.717, 1.165) is 44.9 Å². The highest BCUT2D eigenvalue weighted by Crippen LogP contribution is 2.36. The molecule has 0 heterocycles. The molecule has 43 heavy (non-hydrogen) atoms. The molecule has 0 unspecified atom stereocenters. The van der Waals surface area contributed by atoms with Gasteiger partial charge in [0.1, 0.15) is 6.61 Å². The summed E-state index contributed by atoms with van der Waals surface area (Å²) in [6.45, 7) is 3.63. The Kier molecular flexibility index (Phi) is 29.9. The number of phosphoric acid groups is 1. The van der Waals surface area contributed by atoms with Crippen LogP contribution in [-0.2, 0) is 28.2 Å². The van der Waals surface area contributed by atoms with E-state index in [4.69, 9.17) is 19.3 Å². The van der Waals surface area contributed by atoms with Gasteiger partial charge in [0.15, 0.2) is 6.10 Å². The normalized spacial score (nSPS) is 12.6. The van der Waals surface area contributed by atoms with Crippen molar-refractivity contribution < 1.29 is 37.9 Å². The lowest BCUT2D eigenvalue weighted by Gasteiger charge is -2.18. The van der Waals surface area contributed by atoms with Crippen molar-refractivity contribution in [3.05, 3.63) is 12.2 Å². The Bertz CT molecular complexity index is 721. The molecule has 9 heteroatoms. The van der Waals surface area contributed by atoms with E-state index in [1.54, 1.807) is 0 Å². The minimum absolute atomic E-state index is 0.210. The largest absolute Gasteiger partial charge is 0.469 e. The van der Waals surface area contributed by atoms with E-state index in [0.29, 0.717) is 6.42 Å². The SMILES string of the molecule is CCCCCCCC/C=C/CCCCCCCCCC(=O)O[C@H](COC(=O)CCCCCCCCCC)COP(=O)(O)O. The van der Waals surface area contributed by atoms with Crippen LogP contribution in [0.5, 0.6) is 0 Å². The van der Waals surface area contributed by atoms with E-state index in [-0.39, 0.29) is 19.4 Å². The Morgan fingerprint density at radius 3 is 1.42 bits per heavy atom. The highest BCUT2D eigenvalue weighted by atomic mass is 31.2. The summed E-state index contributed by atoms with van der Waals surface area (Å²) in [4.78, 5) is 42.4. The molecule has 0 radical (unpaired) electrons. The Hall–Kier alpha value is -1.21. The summed E-state index contributed by atoms with van der Waals surface area (Å²) in [7, 11) is -4.74. The number of unbranched alkanes of at least 4 members (excludes halogenated alkanes) is 20. The number of ether oxygens (including phenoxy) is 2. The average Bonchev–Trinajstić information content (AvgIpc) is 2.97. The van der Waals surface area contributed by atoms with Crippen molar-refractivity contribution in [2.45, 2.75) is 180 Å². The molecule has 0 rings (SSSR count). The summed E-state index contributed by atoms with van der Waals surface area (Å²) >= 11 is 0. The van der Waals surface area contributed by atoms with Crippen molar-refractivity contribution >= 4 is 19.8 Å². The van der Waals surface area contributed by atoms with Crippen LogP contribution in [0.3, 0.4) is 0 Å². The quantitative estimate of drug-likeness (QED) is 0.0325. The van der Waals surface area contributed by atoms with E-state index >= 15 is 0 Å². The van der Waals surface area contributed by atoms with Crippen LogP contribution < -0.4 is 0 Å². The van der Waals surface area contributed by atoms with Gasteiger partial charge in [-0.05, 0) is 38.5 Å². The summed E-state index contributed by atoms with van der Waals surface area (Å²) < 4.78 is 26.2. The van der Waals surface area contributed by atoms with E-state index < -0.39 is 32.5 Å². The van der Waals surface area contributed by atoms with Gasteiger partial charge in [-0.25, -0.2) is 4.57 Å². The fourth-order valence-electron chi connectivity index (χ4n) is 4.90. The highest BCUT2D eigenvalue weighted by molar-refractivity contribution is 7.46. The van der Waals surface area contributed by atoms with Gasteiger partial charge in [-0.15, -0.1) is 0 Å². The lowest BCUT2D eigenvalue weighted by atomic mass is 10.1. The lowest BCUT2D eigenvalue weighted by Crippen LogP contribution is -2.29. The third-order valence-electron chi connectivity index (χ3n) is 7.53. The summed E-state index contributed by atoms with van der Waals surface area (Å²) in [5.41, 5.74) is 0. The van der Waals surface area contributed by atoms with Crippen LogP contribution in [0.15, 0.2) is 12.2 Å². The second kappa shape index (κ2) is 30.8. The van der Waals surface area contributed by atoms with Crippen molar-refractivity contribution in [2.75, 3.05) is 13.2 Å². The third-order valence-corrected chi connectivity index (χ3v) is 8.02. The minimum atomic E-state index is -4.74. The fraction of sp³-hybridized carbons (Fsp3) is 0.882. The maximum Gasteiger partial charge on any atom is 0.469 e. The molecule has 0 fully saturated rings. The second-order valence-electron chi connectivity index (χ2n) is 11.8. The van der Waals surface area contributed by atoms with Gasteiger partial charge in [0.2, 0.25) is 0 Å². The topological polar surface area (TPSA) is 119 Å². The van der Waals surface area contributed by atoms with Crippen molar-refractivity contribution in [1.29, 1.82) is 0 Å². The molecular weight excluding hydrogens is 567 g/mol. The van der Waals surface area contributed by atoms with Crippen molar-refractivity contribution in [3.8, 4) is 0 Å². The molecule has 0 spiro atoms. The molecule has 0 amide bonds. The molecule has 2 N–H and O–H groups in total. The summed E-state index contributed by atoms with van der Waals surface area (Å²) in [5, 5.41) is 0. The predicted octanol–water partition coefficient (Wildman–Crippen LogP) is 9.90. The molecule has 0 aromatic heterocycles. The zero-order valence-corrected chi connectivity index (χ0v) is 28.5. The van der Waals surface area contributed by atoms with Gasteiger partial charge in [0.25, 0.3) is 0 Å². The molecule has 0 bridgehead atoms. The smallest absolute Gasteiger partial charge is 0.462 e. The fourth-order valence-corrected chi connectivity index (χ4v) is 5.26. The van der Waals surface area contributed by atoms with Crippen LogP contribution in [0.1, 0.15) is 174 Å². The Labute approximate surface area is 263 Å². The minimum Gasteiger partial charge on any atom is -0.462 e. The lowest BCUT2D eigenvalue weighted by molar-refractivity contribution is -0.161. The number of carbonyl (C=O) groups excluding carboxylic acids is 2. The van der Waals surface area contributed by atoms with Crippen molar-refractivity contribution in [1.82, 2.24) is 0 Å². The van der Waals surface area contributed by atoms with Crippen LogP contribution in [0.2, 0.25) is 0 Å². The van der Waals surface area contributed by atoms with E-state index in [1.807, 2.05) is 0 Å². The van der Waals surface area contributed by atoms with Gasteiger partial charge < -0.3 is 19.3 Å². The van der Waals surface area contributed by atoms with Crippen LogP contribution in [0.4, 0.5) is 0 Å². The monoisotopic (exact) mass is 632 g/mol. The van der Waals surface area contributed by atoms with Crippen LogP contribution in [0.25, 0.3) is 0 Å².